The lowest BCUT2D eigenvalue weighted by atomic mass is 10.2. The van der Waals surface area contributed by atoms with E-state index in [0.29, 0.717) is 15.0 Å². The molecule has 0 unspecified atom stereocenters. The van der Waals surface area contributed by atoms with Crippen molar-refractivity contribution in [1.29, 1.82) is 0 Å². The number of hydrogen-bond donors (Lipinski definition) is 1. The lowest BCUT2D eigenvalue weighted by Crippen LogP contribution is -2.11. The zero-order valence-corrected chi connectivity index (χ0v) is 13.5. The average Bonchev–Trinajstić information content (AvgIpc) is 2.88. The Balaban J connectivity index is 1.91. The molecule has 0 radical (unpaired) electrons. The highest BCUT2D eigenvalue weighted by atomic mass is 79.9. The molecule has 0 spiro atoms. The maximum Gasteiger partial charge on any atom is 0.265 e. The third kappa shape index (κ3) is 2.84. The summed E-state index contributed by atoms with van der Waals surface area (Å²) in [4.78, 5) is 12.9. The van der Waals surface area contributed by atoms with Crippen LogP contribution >= 0.6 is 27.3 Å². The average molecular weight is 364 g/mol. The predicted molar refractivity (Wildman–Crippen MR) is 88.6 cm³/mol. The highest BCUT2D eigenvalue weighted by molar-refractivity contribution is 9.10. The number of amides is 1. The maximum absolute atomic E-state index is 13.6. The first-order valence-electron chi connectivity index (χ1n) is 6.30. The number of carbonyl (C=O) groups excluding carboxylic acids is 1. The fourth-order valence-corrected chi connectivity index (χ4v) is 3.47. The molecule has 1 heterocycles. The van der Waals surface area contributed by atoms with Gasteiger partial charge in [0.15, 0.2) is 0 Å². The Morgan fingerprint density at radius 1 is 1.24 bits per heavy atom. The molecule has 0 bridgehead atoms. The number of aryl methyl sites for hydroxylation is 1. The van der Waals surface area contributed by atoms with Gasteiger partial charge >= 0.3 is 0 Å². The van der Waals surface area contributed by atoms with Crippen LogP contribution in [0.1, 0.15) is 15.2 Å². The molecule has 0 saturated carbocycles. The minimum atomic E-state index is -0.396. The molecular weight excluding hydrogens is 353 g/mol. The lowest BCUT2D eigenvalue weighted by molar-refractivity contribution is 0.103. The van der Waals surface area contributed by atoms with E-state index >= 15 is 0 Å². The normalized spacial score (nSPS) is 10.8. The number of benzene rings is 2. The number of anilines is 1. The van der Waals surface area contributed by atoms with Crippen molar-refractivity contribution < 1.29 is 9.18 Å². The van der Waals surface area contributed by atoms with Gasteiger partial charge in [-0.05, 0) is 58.1 Å². The van der Waals surface area contributed by atoms with Crippen molar-refractivity contribution in [1.82, 2.24) is 0 Å². The van der Waals surface area contributed by atoms with Crippen molar-refractivity contribution in [3.05, 3.63) is 63.2 Å². The zero-order valence-electron chi connectivity index (χ0n) is 11.1. The Morgan fingerprint density at radius 3 is 2.76 bits per heavy atom. The molecule has 3 rings (SSSR count). The summed E-state index contributed by atoms with van der Waals surface area (Å²) in [5.74, 6) is -0.617. The number of nitrogens with one attached hydrogen (secondary N) is 1. The summed E-state index contributed by atoms with van der Waals surface area (Å²) in [6.45, 7) is 1.82. The quantitative estimate of drug-likeness (QED) is 0.651. The van der Waals surface area contributed by atoms with Gasteiger partial charge in [0.05, 0.1) is 9.35 Å². The first kappa shape index (κ1) is 14.2. The first-order chi connectivity index (χ1) is 10.0. The Bertz CT molecular complexity index is 810. The van der Waals surface area contributed by atoms with Crippen molar-refractivity contribution in [3.8, 4) is 0 Å². The van der Waals surface area contributed by atoms with E-state index in [1.54, 1.807) is 6.07 Å². The van der Waals surface area contributed by atoms with Gasteiger partial charge in [0.1, 0.15) is 5.82 Å². The summed E-state index contributed by atoms with van der Waals surface area (Å²) in [6.07, 6.45) is 0. The van der Waals surface area contributed by atoms with Crippen molar-refractivity contribution in [3.63, 3.8) is 0 Å². The molecule has 0 aliphatic heterocycles. The van der Waals surface area contributed by atoms with Crippen molar-refractivity contribution in [2.24, 2.45) is 0 Å². The summed E-state index contributed by atoms with van der Waals surface area (Å²) < 4.78 is 15.0. The summed E-state index contributed by atoms with van der Waals surface area (Å²) in [7, 11) is 0. The predicted octanol–water partition coefficient (Wildman–Crippen LogP) is 5.36. The molecule has 0 saturated heterocycles. The minimum absolute atomic E-state index is 0.221. The van der Waals surface area contributed by atoms with Crippen LogP contribution in [0.15, 0.2) is 46.9 Å². The Morgan fingerprint density at radius 2 is 2.00 bits per heavy atom. The maximum atomic E-state index is 13.6. The zero-order chi connectivity index (χ0) is 15.0. The number of fused-ring (bicyclic) bond motifs is 1. The number of hydrogen-bond acceptors (Lipinski definition) is 2. The second-order valence-electron chi connectivity index (χ2n) is 4.68. The van der Waals surface area contributed by atoms with E-state index in [1.807, 2.05) is 37.3 Å². The molecule has 0 aliphatic carbocycles. The van der Waals surface area contributed by atoms with Gasteiger partial charge < -0.3 is 5.32 Å². The van der Waals surface area contributed by atoms with Crippen LogP contribution in [0.3, 0.4) is 0 Å². The number of rotatable bonds is 2. The molecule has 1 N–H and O–H groups in total. The molecule has 2 nitrogen and oxygen atoms in total. The van der Waals surface area contributed by atoms with Gasteiger partial charge in [-0.15, -0.1) is 11.3 Å². The molecule has 3 aromatic rings. The van der Waals surface area contributed by atoms with Crippen LogP contribution in [0.4, 0.5) is 10.1 Å². The Hall–Kier alpha value is -1.72. The Labute approximate surface area is 133 Å². The molecule has 2 aromatic carbocycles. The largest absolute Gasteiger partial charge is 0.321 e. The molecule has 0 atom stereocenters. The standard InChI is InChI=1S/C16H11BrFNOS/c1-9-6-11(17)12(18)8-13(9)19-16(20)15-7-10-4-2-3-5-14(10)21-15/h2-8H,1H3,(H,19,20). The minimum Gasteiger partial charge on any atom is -0.321 e. The fraction of sp³-hybridized carbons (Fsp3) is 0.0625. The van der Waals surface area contributed by atoms with Crippen LogP contribution in [-0.2, 0) is 0 Å². The van der Waals surface area contributed by atoms with Gasteiger partial charge in [-0.2, -0.15) is 0 Å². The van der Waals surface area contributed by atoms with Gasteiger partial charge in [0.25, 0.3) is 5.91 Å². The van der Waals surface area contributed by atoms with Crippen LogP contribution in [0.2, 0.25) is 0 Å². The molecule has 0 aliphatic rings. The van der Waals surface area contributed by atoms with Crippen LogP contribution in [0, 0.1) is 12.7 Å². The third-order valence-corrected chi connectivity index (χ3v) is 4.89. The second-order valence-corrected chi connectivity index (χ2v) is 6.62. The van der Waals surface area contributed by atoms with Gasteiger partial charge in [0, 0.05) is 10.4 Å². The molecule has 5 heteroatoms. The Kier molecular flexibility index (Phi) is 3.78. The van der Waals surface area contributed by atoms with E-state index in [4.69, 9.17) is 0 Å². The van der Waals surface area contributed by atoms with E-state index in [2.05, 4.69) is 21.2 Å². The highest BCUT2D eigenvalue weighted by Gasteiger charge is 2.13. The highest BCUT2D eigenvalue weighted by Crippen LogP contribution is 2.28. The summed E-state index contributed by atoms with van der Waals surface area (Å²) in [6, 6.07) is 12.6. The smallest absolute Gasteiger partial charge is 0.265 e. The van der Waals surface area contributed by atoms with Crippen molar-refractivity contribution >= 4 is 48.9 Å². The first-order valence-corrected chi connectivity index (χ1v) is 7.91. The van der Waals surface area contributed by atoms with E-state index in [9.17, 15) is 9.18 Å². The van der Waals surface area contributed by atoms with Crippen LogP contribution in [-0.4, -0.2) is 5.91 Å². The molecule has 21 heavy (non-hydrogen) atoms. The fourth-order valence-electron chi connectivity index (χ4n) is 2.06. The second kappa shape index (κ2) is 5.58. The lowest BCUT2D eigenvalue weighted by Gasteiger charge is -2.08. The SMILES string of the molecule is Cc1cc(Br)c(F)cc1NC(=O)c1cc2ccccc2s1. The summed E-state index contributed by atoms with van der Waals surface area (Å²) in [5.41, 5.74) is 1.29. The molecule has 106 valence electrons. The van der Waals surface area contributed by atoms with E-state index in [0.717, 1.165) is 15.6 Å². The van der Waals surface area contributed by atoms with Gasteiger partial charge in [-0.3, -0.25) is 4.79 Å². The number of thiophene rings is 1. The van der Waals surface area contributed by atoms with Crippen LogP contribution < -0.4 is 5.32 Å². The molecule has 0 fully saturated rings. The summed E-state index contributed by atoms with van der Waals surface area (Å²) in [5, 5.41) is 3.80. The van der Waals surface area contributed by atoms with Gasteiger partial charge in [-0.25, -0.2) is 4.39 Å². The van der Waals surface area contributed by atoms with Crippen LogP contribution in [0.25, 0.3) is 10.1 Å². The van der Waals surface area contributed by atoms with E-state index in [-0.39, 0.29) is 5.91 Å². The molecular formula is C16H11BrFNOS. The van der Waals surface area contributed by atoms with Crippen molar-refractivity contribution in [2.45, 2.75) is 6.92 Å². The van der Waals surface area contributed by atoms with E-state index < -0.39 is 5.82 Å². The third-order valence-electron chi connectivity index (χ3n) is 3.16. The monoisotopic (exact) mass is 363 g/mol. The number of carbonyl (C=O) groups is 1. The van der Waals surface area contributed by atoms with E-state index in [1.165, 1.54) is 17.4 Å². The van der Waals surface area contributed by atoms with Gasteiger partial charge in [0.2, 0.25) is 0 Å². The number of halogens is 2. The molecule has 1 aromatic heterocycles. The van der Waals surface area contributed by atoms with Gasteiger partial charge in [-0.1, -0.05) is 18.2 Å². The summed E-state index contributed by atoms with van der Waals surface area (Å²) >= 11 is 4.55. The van der Waals surface area contributed by atoms with Crippen molar-refractivity contribution in [2.75, 3.05) is 5.32 Å². The molecule has 1 amide bonds. The topological polar surface area (TPSA) is 29.1 Å². The van der Waals surface area contributed by atoms with Crippen LogP contribution in [0.5, 0.6) is 0 Å².